The van der Waals surface area contributed by atoms with Gasteiger partial charge in [-0.3, -0.25) is 0 Å². The first-order valence-electron chi connectivity index (χ1n) is 10.9. The fourth-order valence-electron chi connectivity index (χ4n) is 7.16. The summed E-state index contributed by atoms with van der Waals surface area (Å²) in [5, 5.41) is 10.2. The van der Waals surface area contributed by atoms with Crippen molar-refractivity contribution in [2.24, 2.45) is 17.8 Å². The van der Waals surface area contributed by atoms with E-state index in [1.54, 1.807) is 0 Å². The van der Waals surface area contributed by atoms with Crippen LogP contribution in [0.4, 0.5) is 5.82 Å². The zero-order valence-electron chi connectivity index (χ0n) is 16.2. The molecule has 4 bridgehead atoms. The standard InChI is InChI=1S/C23H27Cl2N3/c24-18-5-3-6-19(20(18)25)28-22-17(4-1-2-7-26-22)21(27-28)23-11-14-8-15(12-23)10-16(9-14)13-23/h3,5-6,14-16,26H,1-2,4,7-13H2. The van der Waals surface area contributed by atoms with Crippen LogP contribution in [0, 0.1) is 17.8 Å². The predicted octanol–water partition coefficient (Wildman–Crippen LogP) is 6.40. The van der Waals surface area contributed by atoms with Gasteiger partial charge in [0.25, 0.3) is 0 Å². The number of nitrogens with zero attached hydrogens (tertiary/aromatic N) is 2. The Kier molecular flexibility index (Phi) is 4.04. The topological polar surface area (TPSA) is 29.9 Å². The molecule has 1 aromatic heterocycles. The SMILES string of the molecule is Clc1cccc(-n2nc(C34CC5CC(CC(C5)C3)C4)c3c2NCCCC3)c1Cl. The van der Waals surface area contributed by atoms with Crippen LogP contribution in [0.2, 0.25) is 10.0 Å². The Balaban J connectivity index is 1.53. The molecule has 4 saturated carbocycles. The first kappa shape index (κ1) is 17.7. The summed E-state index contributed by atoms with van der Waals surface area (Å²) in [6.07, 6.45) is 12.0. The first-order chi connectivity index (χ1) is 13.6. The van der Waals surface area contributed by atoms with Crippen molar-refractivity contribution in [1.29, 1.82) is 0 Å². The summed E-state index contributed by atoms with van der Waals surface area (Å²) in [5.41, 5.74) is 4.03. The lowest BCUT2D eigenvalue weighted by Crippen LogP contribution is -2.49. The van der Waals surface area contributed by atoms with E-state index in [1.165, 1.54) is 62.6 Å². The Bertz CT molecular complexity index is 897. The monoisotopic (exact) mass is 415 g/mol. The molecule has 3 nitrogen and oxygen atoms in total. The molecule has 0 unspecified atom stereocenters. The Hall–Kier alpha value is -1.19. The molecule has 28 heavy (non-hydrogen) atoms. The van der Waals surface area contributed by atoms with Crippen molar-refractivity contribution in [3.8, 4) is 5.69 Å². The number of fused-ring (bicyclic) bond motifs is 1. The van der Waals surface area contributed by atoms with E-state index in [1.807, 2.05) is 18.2 Å². The molecular weight excluding hydrogens is 389 g/mol. The van der Waals surface area contributed by atoms with E-state index in [9.17, 15) is 0 Å². The highest BCUT2D eigenvalue weighted by molar-refractivity contribution is 6.43. The van der Waals surface area contributed by atoms with Gasteiger partial charge in [-0.2, -0.15) is 5.10 Å². The van der Waals surface area contributed by atoms with Gasteiger partial charge in [-0.25, -0.2) is 4.68 Å². The van der Waals surface area contributed by atoms with Crippen LogP contribution in [-0.2, 0) is 11.8 Å². The molecule has 5 aliphatic rings. The number of hydrogen-bond acceptors (Lipinski definition) is 2. The van der Waals surface area contributed by atoms with Gasteiger partial charge in [-0.05, 0) is 87.7 Å². The smallest absolute Gasteiger partial charge is 0.133 e. The summed E-state index contributed by atoms with van der Waals surface area (Å²) in [6, 6.07) is 5.86. The Labute approximate surface area is 176 Å². The minimum absolute atomic E-state index is 0.293. The number of anilines is 1. The predicted molar refractivity (Wildman–Crippen MR) is 115 cm³/mol. The van der Waals surface area contributed by atoms with Gasteiger partial charge in [0.15, 0.2) is 0 Å². The van der Waals surface area contributed by atoms with Crippen LogP contribution in [0.1, 0.15) is 62.6 Å². The van der Waals surface area contributed by atoms with E-state index in [4.69, 9.17) is 28.3 Å². The van der Waals surface area contributed by atoms with Gasteiger partial charge in [0.1, 0.15) is 5.82 Å². The quantitative estimate of drug-likeness (QED) is 0.614. The van der Waals surface area contributed by atoms with Crippen molar-refractivity contribution >= 4 is 29.0 Å². The third-order valence-corrected chi connectivity index (χ3v) is 8.64. The molecule has 0 spiro atoms. The zero-order chi connectivity index (χ0) is 18.9. The van der Waals surface area contributed by atoms with Crippen molar-refractivity contribution in [1.82, 2.24) is 9.78 Å². The highest BCUT2D eigenvalue weighted by atomic mass is 35.5. The summed E-state index contributed by atoms with van der Waals surface area (Å²) in [7, 11) is 0. The average Bonchev–Trinajstić information content (AvgIpc) is 2.86. The van der Waals surface area contributed by atoms with Crippen molar-refractivity contribution in [3.63, 3.8) is 0 Å². The van der Waals surface area contributed by atoms with E-state index < -0.39 is 0 Å². The molecule has 2 aromatic rings. The third kappa shape index (κ3) is 2.58. The lowest BCUT2D eigenvalue weighted by Gasteiger charge is -2.56. The molecule has 7 rings (SSSR count). The molecule has 1 aromatic carbocycles. The number of hydrogen-bond donors (Lipinski definition) is 1. The van der Waals surface area contributed by atoms with Gasteiger partial charge in [0.05, 0.1) is 21.4 Å². The summed E-state index contributed by atoms with van der Waals surface area (Å²) in [5.74, 6) is 3.91. The van der Waals surface area contributed by atoms with Crippen LogP contribution >= 0.6 is 23.2 Å². The highest BCUT2D eigenvalue weighted by Crippen LogP contribution is 2.61. The van der Waals surface area contributed by atoms with Crippen molar-refractivity contribution in [2.75, 3.05) is 11.9 Å². The molecule has 0 saturated heterocycles. The van der Waals surface area contributed by atoms with Crippen LogP contribution < -0.4 is 5.32 Å². The average molecular weight is 416 g/mol. The number of benzene rings is 1. The second-order valence-electron chi connectivity index (χ2n) is 9.74. The minimum Gasteiger partial charge on any atom is -0.370 e. The fourth-order valence-corrected chi connectivity index (χ4v) is 7.54. The lowest BCUT2D eigenvalue weighted by molar-refractivity contribution is -0.00773. The highest BCUT2D eigenvalue weighted by Gasteiger charge is 2.53. The van der Waals surface area contributed by atoms with Crippen molar-refractivity contribution in [3.05, 3.63) is 39.5 Å². The molecule has 148 valence electrons. The summed E-state index contributed by atoms with van der Waals surface area (Å²) in [6.45, 7) is 0.997. The van der Waals surface area contributed by atoms with Crippen molar-refractivity contribution < 1.29 is 0 Å². The number of rotatable bonds is 2. The maximum Gasteiger partial charge on any atom is 0.133 e. The second-order valence-corrected chi connectivity index (χ2v) is 10.5. The molecular formula is C23H27Cl2N3. The Morgan fingerprint density at radius 2 is 1.71 bits per heavy atom. The van der Waals surface area contributed by atoms with Crippen LogP contribution in [0.5, 0.6) is 0 Å². The molecule has 1 N–H and O–H groups in total. The fraction of sp³-hybridized carbons (Fsp3) is 0.609. The second kappa shape index (κ2) is 6.40. The van der Waals surface area contributed by atoms with Gasteiger partial charge >= 0.3 is 0 Å². The molecule has 0 radical (unpaired) electrons. The van der Waals surface area contributed by atoms with Gasteiger partial charge < -0.3 is 5.32 Å². The minimum atomic E-state index is 0.293. The van der Waals surface area contributed by atoms with E-state index in [0.717, 1.165) is 42.2 Å². The van der Waals surface area contributed by atoms with Gasteiger partial charge in [-0.1, -0.05) is 29.3 Å². The first-order valence-corrected chi connectivity index (χ1v) is 11.7. The number of aromatic nitrogens is 2. The van der Waals surface area contributed by atoms with E-state index in [0.29, 0.717) is 15.5 Å². The van der Waals surface area contributed by atoms with E-state index >= 15 is 0 Å². The lowest BCUT2D eigenvalue weighted by atomic mass is 9.48. The maximum atomic E-state index is 6.62. The van der Waals surface area contributed by atoms with Crippen LogP contribution in [-0.4, -0.2) is 16.3 Å². The molecule has 2 heterocycles. The summed E-state index contributed by atoms with van der Waals surface area (Å²) >= 11 is 13.0. The molecule has 4 fully saturated rings. The third-order valence-electron chi connectivity index (χ3n) is 7.83. The number of halogens is 2. The molecule has 5 heteroatoms. The Morgan fingerprint density at radius 3 is 2.43 bits per heavy atom. The van der Waals surface area contributed by atoms with Crippen LogP contribution in [0.25, 0.3) is 5.69 Å². The van der Waals surface area contributed by atoms with E-state index in [2.05, 4.69) is 10.00 Å². The summed E-state index contributed by atoms with van der Waals surface area (Å²) < 4.78 is 2.07. The van der Waals surface area contributed by atoms with Gasteiger partial charge in [0.2, 0.25) is 0 Å². The molecule has 1 aliphatic heterocycles. The van der Waals surface area contributed by atoms with E-state index in [-0.39, 0.29) is 0 Å². The van der Waals surface area contributed by atoms with Gasteiger partial charge in [-0.15, -0.1) is 0 Å². The Morgan fingerprint density at radius 1 is 1.00 bits per heavy atom. The zero-order valence-corrected chi connectivity index (χ0v) is 17.7. The number of nitrogens with one attached hydrogen (secondary N) is 1. The van der Waals surface area contributed by atoms with Crippen LogP contribution in [0.15, 0.2) is 18.2 Å². The molecule has 4 aliphatic carbocycles. The molecule has 0 amide bonds. The maximum absolute atomic E-state index is 6.62. The normalized spacial score (nSPS) is 33.4. The van der Waals surface area contributed by atoms with Crippen molar-refractivity contribution in [2.45, 2.75) is 63.2 Å². The molecule has 0 atom stereocenters. The summed E-state index contributed by atoms with van der Waals surface area (Å²) in [4.78, 5) is 0. The van der Waals surface area contributed by atoms with Crippen LogP contribution in [0.3, 0.4) is 0 Å². The van der Waals surface area contributed by atoms with Gasteiger partial charge in [0, 0.05) is 17.5 Å². The largest absolute Gasteiger partial charge is 0.370 e.